The molecule has 1 aliphatic carbocycles. The van der Waals surface area contributed by atoms with Crippen molar-refractivity contribution in [3.8, 4) is 0 Å². The first-order valence-corrected chi connectivity index (χ1v) is 7.91. The average molecular weight is 259 g/mol. The first kappa shape index (κ1) is 14.6. The Morgan fingerprint density at radius 2 is 1.68 bits per heavy atom. The summed E-state index contributed by atoms with van der Waals surface area (Å²) in [5.41, 5.74) is 1.99. The van der Waals surface area contributed by atoms with Crippen LogP contribution in [0, 0.1) is 11.3 Å². The van der Waals surface area contributed by atoms with Crippen molar-refractivity contribution < 1.29 is 0 Å². The zero-order chi connectivity index (χ0) is 13.9. The highest BCUT2D eigenvalue weighted by Crippen LogP contribution is 2.48. The van der Waals surface area contributed by atoms with Crippen LogP contribution in [0.1, 0.15) is 65.0 Å². The van der Waals surface area contributed by atoms with E-state index >= 15 is 0 Å². The van der Waals surface area contributed by atoms with Crippen molar-refractivity contribution >= 4 is 0 Å². The van der Waals surface area contributed by atoms with E-state index in [0.717, 1.165) is 5.92 Å². The van der Waals surface area contributed by atoms with Crippen LogP contribution in [0.4, 0.5) is 0 Å². The topological polar surface area (TPSA) is 12.0 Å². The molecule has 19 heavy (non-hydrogen) atoms. The van der Waals surface area contributed by atoms with Crippen molar-refractivity contribution in [3.05, 3.63) is 35.9 Å². The summed E-state index contributed by atoms with van der Waals surface area (Å²) >= 11 is 0. The summed E-state index contributed by atoms with van der Waals surface area (Å²) < 4.78 is 0. The van der Waals surface area contributed by atoms with Gasteiger partial charge in [-0.2, -0.15) is 0 Å². The smallest absolute Gasteiger partial charge is 0.0350 e. The molecular weight excluding hydrogens is 230 g/mol. The van der Waals surface area contributed by atoms with E-state index in [2.05, 4.69) is 63.3 Å². The lowest BCUT2D eigenvalue weighted by Crippen LogP contribution is -2.39. The molecule has 1 fully saturated rings. The molecule has 0 amide bonds. The third-order valence-electron chi connectivity index (χ3n) is 5.19. The van der Waals surface area contributed by atoms with Crippen LogP contribution in [0.3, 0.4) is 0 Å². The van der Waals surface area contributed by atoms with Crippen LogP contribution in [0.2, 0.25) is 0 Å². The van der Waals surface area contributed by atoms with Crippen LogP contribution in [-0.2, 0) is 0 Å². The van der Waals surface area contributed by atoms with Gasteiger partial charge >= 0.3 is 0 Å². The molecule has 1 aliphatic rings. The fourth-order valence-corrected chi connectivity index (χ4v) is 3.03. The van der Waals surface area contributed by atoms with Crippen molar-refractivity contribution in [2.24, 2.45) is 11.3 Å². The molecule has 1 N–H and O–H groups in total. The van der Waals surface area contributed by atoms with E-state index in [-0.39, 0.29) is 0 Å². The predicted octanol–water partition coefficient (Wildman–Crippen LogP) is 4.94. The minimum Gasteiger partial charge on any atom is -0.307 e. The van der Waals surface area contributed by atoms with Gasteiger partial charge in [-0.05, 0) is 36.7 Å². The van der Waals surface area contributed by atoms with Crippen molar-refractivity contribution in [2.75, 3.05) is 0 Å². The van der Waals surface area contributed by atoms with Gasteiger partial charge in [0, 0.05) is 12.1 Å². The SMILES string of the molecule is CCC(CC)C(NC(C)C1(C)CC1)c1ccccc1. The van der Waals surface area contributed by atoms with E-state index in [1.54, 1.807) is 0 Å². The second-order valence-corrected chi connectivity index (χ2v) is 6.51. The standard InChI is InChI=1S/C18H29N/c1-5-15(6-2)17(16-10-8-7-9-11-16)19-14(3)18(4)12-13-18/h7-11,14-15,17,19H,5-6,12-13H2,1-4H3. The zero-order valence-electron chi connectivity index (χ0n) is 12.9. The van der Waals surface area contributed by atoms with Crippen LogP contribution < -0.4 is 5.32 Å². The molecule has 0 radical (unpaired) electrons. The lowest BCUT2D eigenvalue weighted by molar-refractivity contribution is 0.269. The van der Waals surface area contributed by atoms with Crippen LogP contribution in [0.25, 0.3) is 0 Å². The molecule has 0 aromatic heterocycles. The molecule has 0 saturated heterocycles. The molecule has 2 rings (SSSR count). The third-order valence-corrected chi connectivity index (χ3v) is 5.19. The number of hydrogen-bond donors (Lipinski definition) is 1. The van der Waals surface area contributed by atoms with Crippen LogP contribution >= 0.6 is 0 Å². The molecule has 1 saturated carbocycles. The lowest BCUT2D eigenvalue weighted by atomic mass is 9.87. The average Bonchev–Trinajstić information content (AvgIpc) is 3.19. The molecule has 1 aromatic rings. The van der Waals surface area contributed by atoms with Gasteiger partial charge in [0.05, 0.1) is 0 Å². The maximum atomic E-state index is 3.94. The molecule has 0 spiro atoms. The summed E-state index contributed by atoms with van der Waals surface area (Å²) in [6.45, 7) is 9.41. The van der Waals surface area contributed by atoms with E-state index in [9.17, 15) is 0 Å². The second kappa shape index (κ2) is 6.09. The number of rotatable bonds is 7. The summed E-state index contributed by atoms with van der Waals surface area (Å²) in [7, 11) is 0. The van der Waals surface area contributed by atoms with Crippen molar-refractivity contribution in [3.63, 3.8) is 0 Å². The molecule has 0 aliphatic heterocycles. The summed E-state index contributed by atoms with van der Waals surface area (Å²) in [6.07, 6.45) is 5.25. The van der Waals surface area contributed by atoms with Gasteiger partial charge in [-0.15, -0.1) is 0 Å². The first-order chi connectivity index (χ1) is 9.10. The van der Waals surface area contributed by atoms with E-state index in [4.69, 9.17) is 0 Å². The summed E-state index contributed by atoms with van der Waals surface area (Å²) in [5.74, 6) is 0.729. The quantitative estimate of drug-likeness (QED) is 0.731. The van der Waals surface area contributed by atoms with Crippen molar-refractivity contribution in [2.45, 2.75) is 65.5 Å². The Morgan fingerprint density at radius 3 is 2.16 bits per heavy atom. The van der Waals surface area contributed by atoms with Gasteiger partial charge in [0.1, 0.15) is 0 Å². The molecule has 1 aromatic carbocycles. The van der Waals surface area contributed by atoms with Gasteiger partial charge < -0.3 is 5.32 Å². The van der Waals surface area contributed by atoms with Crippen molar-refractivity contribution in [1.29, 1.82) is 0 Å². The predicted molar refractivity (Wildman–Crippen MR) is 83.2 cm³/mol. The Bertz CT molecular complexity index is 376. The highest BCUT2D eigenvalue weighted by Gasteiger charge is 2.43. The van der Waals surface area contributed by atoms with Crippen molar-refractivity contribution in [1.82, 2.24) is 5.32 Å². The molecule has 106 valence electrons. The molecule has 0 bridgehead atoms. The van der Waals surface area contributed by atoms with Gasteiger partial charge in [-0.3, -0.25) is 0 Å². The van der Waals surface area contributed by atoms with E-state index in [1.807, 2.05) is 0 Å². The molecule has 2 atom stereocenters. The lowest BCUT2D eigenvalue weighted by Gasteiger charge is -2.32. The Balaban J connectivity index is 2.14. The monoisotopic (exact) mass is 259 g/mol. The van der Waals surface area contributed by atoms with Crippen LogP contribution in [0.5, 0.6) is 0 Å². The van der Waals surface area contributed by atoms with Gasteiger partial charge in [-0.1, -0.05) is 63.9 Å². The minimum absolute atomic E-state index is 0.503. The number of nitrogens with one attached hydrogen (secondary N) is 1. The van der Waals surface area contributed by atoms with Gasteiger partial charge in [0.15, 0.2) is 0 Å². The molecule has 0 heterocycles. The molecular formula is C18H29N. The molecule has 2 unspecified atom stereocenters. The first-order valence-electron chi connectivity index (χ1n) is 7.91. The van der Waals surface area contributed by atoms with E-state index < -0.39 is 0 Å². The zero-order valence-corrected chi connectivity index (χ0v) is 12.9. The van der Waals surface area contributed by atoms with Gasteiger partial charge in [-0.25, -0.2) is 0 Å². The molecule has 1 nitrogen and oxygen atoms in total. The van der Waals surface area contributed by atoms with Crippen LogP contribution in [0.15, 0.2) is 30.3 Å². The van der Waals surface area contributed by atoms with Crippen LogP contribution in [-0.4, -0.2) is 6.04 Å². The van der Waals surface area contributed by atoms with E-state index in [1.165, 1.54) is 31.2 Å². The summed E-state index contributed by atoms with van der Waals surface area (Å²) in [6, 6.07) is 12.1. The summed E-state index contributed by atoms with van der Waals surface area (Å²) in [4.78, 5) is 0. The van der Waals surface area contributed by atoms with E-state index in [0.29, 0.717) is 17.5 Å². The maximum absolute atomic E-state index is 3.94. The Hall–Kier alpha value is -0.820. The maximum Gasteiger partial charge on any atom is 0.0350 e. The van der Waals surface area contributed by atoms with Gasteiger partial charge in [0.2, 0.25) is 0 Å². The highest BCUT2D eigenvalue weighted by atomic mass is 15.0. The Kier molecular flexibility index (Phi) is 4.67. The number of hydrogen-bond acceptors (Lipinski definition) is 1. The van der Waals surface area contributed by atoms with Gasteiger partial charge in [0.25, 0.3) is 0 Å². The fraction of sp³-hybridized carbons (Fsp3) is 0.667. The minimum atomic E-state index is 0.503. The normalized spacial score (nSPS) is 20.3. The highest BCUT2D eigenvalue weighted by molar-refractivity contribution is 5.20. The number of benzene rings is 1. The summed E-state index contributed by atoms with van der Waals surface area (Å²) in [5, 5.41) is 3.94. The Labute approximate surface area is 118 Å². The Morgan fingerprint density at radius 1 is 1.11 bits per heavy atom. The third kappa shape index (κ3) is 3.39. The largest absolute Gasteiger partial charge is 0.307 e. The molecule has 1 heteroatoms. The fourth-order valence-electron chi connectivity index (χ4n) is 3.03. The second-order valence-electron chi connectivity index (χ2n) is 6.51.